The van der Waals surface area contributed by atoms with E-state index in [-0.39, 0.29) is 5.75 Å². The Hall–Kier alpha value is -1.73. The Morgan fingerprint density at radius 3 is 2.50 bits per heavy atom. The van der Waals surface area contributed by atoms with E-state index < -0.39 is 0 Å². The van der Waals surface area contributed by atoms with E-state index in [2.05, 4.69) is 18.7 Å². The number of phenols is 1. The molecule has 0 radical (unpaired) electrons. The van der Waals surface area contributed by atoms with Gasteiger partial charge in [-0.15, -0.1) is 11.6 Å². The maximum Gasteiger partial charge on any atom is 0.115 e. The number of rotatable bonds is 4. The maximum absolute atomic E-state index is 9.61. The minimum absolute atomic E-state index is 0.270. The lowest BCUT2D eigenvalue weighted by atomic mass is 9.95. The number of phenolic OH excluding ortho intramolecular Hbond substituents is 1. The van der Waals surface area contributed by atoms with Gasteiger partial charge in [-0.2, -0.15) is 0 Å². The molecule has 2 aromatic rings. The predicted molar refractivity (Wildman–Crippen MR) is 77.1 cm³/mol. The zero-order valence-electron chi connectivity index (χ0n) is 10.1. The molecule has 2 heteroatoms. The van der Waals surface area contributed by atoms with Gasteiger partial charge in [0.1, 0.15) is 5.75 Å². The lowest BCUT2D eigenvalue weighted by molar-refractivity contribution is 0.475. The molecular weight excluding hydrogens is 244 g/mol. The molecular formula is C16H15ClO. The summed E-state index contributed by atoms with van der Waals surface area (Å²) in [5.74, 6) is 0.705. The average molecular weight is 259 g/mol. The lowest BCUT2D eigenvalue weighted by Gasteiger charge is -2.11. The van der Waals surface area contributed by atoms with Crippen molar-refractivity contribution < 1.29 is 5.11 Å². The van der Waals surface area contributed by atoms with Crippen molar-refractivity contribution in [2.45, 2.75) is 6.42 Å². The highest BCUT2D eigenvalue weighted by Crippen LogP contribution is 2.28. The number of aromatic hydroxyl groups is 1. The third kappa shape index (κ3) is 2.93. The van der Waals surface area contributed by atoms with Gasteiger partial charge in [-0.1, -0.05) is 48.6 Å². The number of hydrogen-bond acceptors (Lipinski definition) is 1. The van der Waals surface area contributed by atoms with Gasteiger partial charge in [0.05, 0.1) is 0 Å². The summed E-state index contributed by atoms with van der Waals surface area (Å²) in [6.07, 6.45) is 0.683. The molecule has 0 aliphatic heterocycles. The van der Waals surface area contributed by atoms with Crippen LogP contribution in [0.15, 0.2) is 60.7 Å². The SMILES string of the molecule is C=C(CCl)Cc1cc(O)ccc1-c1ccccc1. The summed E-state index contributed by atoms with van der Waals surface area (Å²) in [6.45, 7) is 3.92. The van der Waals surface area contributed by atoms with E-state index in [0.717, 1.165) is 22.3 Å². The van der Waals surface area contributed by atoms with Crippen LogP contribution in [0.25, 0.3) is 11.1 Å². The molecule has 0 saturated carbocycles. The molecule has 0 aliphatic carbocycles. The summed E-state index contributed by atoms with van der Waals surface area (Å²) < 4.78 is 0. The Labute approximate surface area is 112 Å². The fourth-order valence-electron chi connectivity index (χ4n) is 1.94. The first-order chi connectivity index (χ1) is 8.70. The molecule has 0 bridgehead atoms. The predicted octanol–water partition coefficient (Wildman–Crippen LogP) is 4.40. The van der Waals surface area contributed by atoms with E-state index >= 15 is 0 Å². The molecule has 0 atom stereocenters. The van der Waals surface area contributed by atoms with Crippen LogP contribution < -0.4 is 0 Å². The van der Waals surface area contributed by atoms with Crippen LogP contribution in [0.2, 0.25) is 0 Å². The Morgan fingerprint density at radius 1 is 1.11 bits per heavy atom. The van der Waals surface area contributed by atoms with E-state index in [4.69, 9.17) is 11.6 Å². The van der Waals surface area contributed by atoms with Crippen molar-refractivity contribution in [1.29, 1.82) is 0 Å². The van der Waals surface area contributed by atoms with Crippen molar-refractivity contribution in [3.05, 3.63) is 66.2 Å². The first-order valence-electron chi connectivity index (χ1n) is 5.80. The first-order valence-corrected chi connectivity index (χ1v) is 6.34. The molecule has 1 N–H and O–H groups in total. The summed E-state index contributed by atoms with van der Waals surface area (Å²) in [7, 11) is 0. The van der Waals surface area contributed by atoms with Crippen LogP contribution in [0.5, 0.6) is 5.75 Å². The highest BCUT2D eigenvalue weighted by atomic mass is 35.5. The van der Waals surface area contributed by atoms with Gasteiger partial charge in [0.2, 0.25) is 0 Å². The van der Waals surface area contributed by atoms with Gasteiger partial charge in [0, 0.05) is 5.88 Å². The molecule has 2 aromatic carbocycles. The van der Waals surface area contributed by atoms with Crippen LogP contribution in [-0.2, 0) is 6.42 Å². The third-order valence-electron chi connectivity index (χ3n) is 2.80. The van der Waals surface area contributed by atoms with E-state index in [1.54, 1.807) is 12.1 Å². The van der Waals surface area contributed by atoms with Gasteiger partial charge in [0.15, 0.2) is 0 Å². The highest BCUT2D eigenvalue weighted by molar-refractivity contribution is 6.19. The molecule has 0 aliphatic rings. The first kappa shape index (κ1) is 12.7. The molecule has 0 heterocycles. The summed E-state index contributed by atoms with van der Waals surface area (Å²) >= 11 is 5.78. The average Bonchev–Trinajstić information content (AvgIpc) is 2.40. The van der Waals surface area contributed by atoms with Gasteiger partial charge in [-0.05, 0) is 35.2 Å². The zero-order valence-corrected chi connectivity index (χ0v) is 10.8. The molecule has 0 unspecified atom stereocenters. The van der Waals surface area contributed by atoms with Crippen molar-refractivity contribution in [3.63, 3.8) is 0 Å². The molecule has 1 nitrogen and oxygen atoms in total. The summed E-state index contributed by atoms with van der Waals surface area (Å²) in [6, 6.07) is 15.5. The molecule has 2 rings (SSSR count). The van der Waals surface area contributed by atoms with Crippen LogP contribution in [0.4, 0.5) is 0 Å². The minimum atomic E-state index is 0.270. The molecule has 0 amide bonds. The quantitative estimate of drug-likeness (QED) is 0.637. The third-order valence-corrected chi connectivity index (χ3v) is 3.18. The normalized spacial score (nSPS) is 10.3. The van der Waals surface area contributed by atoms with E-state index in [1.165, 1.54) is 0 Å². The number of benzene rings is 2. The van der Waals surface area contributed by atoms with Gasteiger partial charge in [-0.3, -0.25) is 0 Å². The monoisotopic (exact) mass is 258 g/mol. The summed E-state index contributed by atoms with van der Waals surface area (Å²) in [5, 5.41) is 9.61. The minimum Gasteiger partial charge on any atom is -0.508 e. The van der Waals surface area contributed by atoms with Crippen molar-refractivity contribution in [3.8, 4) is 16.9 Å². The highest BCUT2D eigenvalue weighted by Gasteiger charge is 2.07. The fourth-order valence-corrected chi connectivity index (χ4v) is 2.04. The van der Waals surface area contributed by atoms with Crippen LogP contribution in [-0.4, -0.2) is 11.0 Å². The van der Waals surface area contributed by atoms with Crippen LogP contribution in [0.3, 0.4) is 0 Å². The van der Waals surface area contributed by atoms with Crippen molar-refractivity contribution >= 4 is 11.6 Å². The van der Waals surface area contributed by atoms with Gasteiger partial charge < -0.3 is 5.11 Å². The fraction of sp³-hybridized carbons (Fsp3) is 0.125. The van der Waals surface area contributed by atoms with Crippen molar-refractivity contribution in [1.82, 2.24) is 0 Å². The van der Waals surface area contributed by atoms with Gasteiger partial charge >= 0.3 is 0 Å². The molecule has 18 heavy (non-hydrogen) atoms. The van der Waals surface area contributed by atoms with Crippen molar-refractivity contribution in [2.24, 2.45) is 0 Å². The molecule has 92 valence electrons. The Bertz CT molecular complexity index is 546. The zero-order chi connectivity index (χ0) is 13.0. The molecule has 0 fully saturated rings. The molecule has 0 saturated heterocycles. The second-order valence-electron chi connectivity index (χ2n) is 4.27. The Balaban J connectivity index is 2.44. The Morgan fingerprint density at radius 2 is 1.83 bits per heavy atom. The maximum atomic E-state index is 9.61. The van der Waals surface area contributed by atoms with Crippen LogP contribution in [0, 0.1) is 0 Å². The van der Waals surface area contributed by atoms with Gasteiger partial charge in [0.25, 0.3) is 0 Å². The topological polar surface area (TPSA) is 20.2 Å². The Kier molecular flexibility index (Phi) is 4.06. The number of hydrogen-bond donors (Lipinski definition) is 1. The number of alkyl halides is 1. The van der Waals surface area contributed by atoms with Crippen LogP contribution in [0.1, 0.15) is 5.56 Å². The molecule has 0 spiro atoms. The summed E-state index contributed by atoms with van der Waals surface area (Å²) in [4.78, 5) is 0. The number of halogens is 1. The second-order valence-corrected chi connectivity index (χ2v) is 4.54. The van der Waals surface area contributed by atoms with E-state index in [0.29, 0.717) is 12.3 Å². The smallest absolute Gasteiger partial charge is 0.115 e. The molecule has 0 aromatic heterocycles. The lowest BCUT2D eigenvalue weighted by Crippen LogP contribution is -1.94. The largest absolute Gasteiger partial charge is 0.508 e. The van der Waals surface area contributed by atoms with Gasteiger partial charge in [-0.25, -0.2) is 0 Å². The van der Waals surface area contributed by atoms with Crippen LogP contribution >= 0.6 is 11.6 Å². The van der Waals surface area contributed by atoms with E-state index in [9.17, 15) is 5.11 Å². The summed E-state index contributed by atoms with van der Waals surface area (Å²) in [5.41, 5.74) is 4.24. The second kappa shape index (κ2) is 5.74. The van der Waals surface area contributed by atoms with Crippen molar-refractivity contribution in [2.75, 3.05) is 5.88 Å². The number of allylic oxidation sites excluding steroid dienone is 1. The standard InChI is InChI=1S/C16H15ClO/c1-12(11-17)9-14-10-15(18)7-8-16(14)13-5-3-2-4-6-13/h2-8,10,18H,1,9,11H2. The van der Waals surface area contributed by atoms with E-state index in [1.807, 2.05) is 24.3 Å².